The molecule has 0 amide bonds. The molecule has 0 atom stereocenters. The molecule has 0 aliphatic carbocycles. The first-order valence-corrected chi connectivity index (χ1v) is 9.68. The average molecular weight is 539 g/mol. The van der Waals surface area contributed by atoms with Gasteiger partial charge in [-0.25, -0.2) is 4.98 Å². The number of hydrogen-bond donors (Lipinski definition) is 1. The zero-order valence-corrected chi connectivity index (χ0v) is 19.8. The lowest BCUT2D eigenvalue weighted by molar-refractivity contribution is 0.179. The number of ether oxygens (including phenoxy) is 1. The lowest BCUT2D eigenvalue weighted by Gasteiger charge is -2.34. The molecule has 0 saturated carbocycles. The fraction of sp³-hybridized carbons (Fsp3) is 0.500. The molecule has 28 heavy (non-hydrogen) atoms. The van der Waals surface area contributed by atoms with Crippen LogP contribution in [-0.2, 0) is 13.6 Å². The van der Waals surface area contributed by atoms with Crippen LogP contribution >= 0.6 is 47.2 Å². The maximum atomic E-state index is 6.02. The maximum absolute atomic E-state index is 6.02. The lowest BCUT2D eigenvalue weighted by atomic mass is 9.98. The summed E-state index contributed by atoms with van der Waals surface area (Å²) in [5.74, 6) is 2.98. The summed E-state index contributed by atoms with van der Waals surface area (Å²) in [7, 11) is 3.68. The molecule has 1 aliphatic rings. The second-order valence-corrected chi connectivity index (χ2v) is 7.42. The van der Waals surface area contributed by atoms with E-state index in [1.54, 1.807) is 36.3 Å². The van der Waals surface area contributed by atoms with Gasteiger partial charge in [0.1, 0.15) is 17.9 Å². The zero-order chi connectivity index (χ0) is 19.2. The summed E-state index contributed by atoms with van der Waals surface area (Å²) in [5, 5.41) is 8.62. The van der Waals surface area contributed by atoms with Gasteiger partial charge in [-0.1, -0.05) is 23.2 Å². The molecule has 3 rings (SSSR count). The predicted molar refractivity (Wildman–Crippen MR) is 123 cm³/mol. The van der Waals surface area contributed by atoms with E-state index in [0.29, 0.717) is 29.1 Å². The number of aliphatic imine (C=N–C) groups is 1. The van der Waals surface area contributed by atoms with Crippen LogP contribution in [-0.4, -0.2) is 52.4 Å². The number of guanidine groups is 1. The van der Waals surface area contributed by atoms with Gasteiger partial charge >= 0.3 is 0 Å². The Morgan fingerprint density at radius 1 is 1.25 bits per heavy atom. The van der Waals surface area contributed by atoms with Crippen molar-refractivity contribution in [3.63, 3.8) is 0 Å². The number of halogens is 3. The lowest BCUT2D eigenvalue weighted by Crippen LogP contribution is -2.46. The van der Waals surface area contributed by atoms with Crippen molar-refractivity contribution >= 4 is 53.1 Å². The highest BCUT2D eigenvalue weighted by molar-refractivity contribution is 14.0. The molecule has 2 aromatic rings. The van der Waals surface area contributed by atoms with Crippen LogP contribution in [0.5, 0.6) is 5.75 Å². The molecule has 1 saturated heterocycles. The van der Waals surface area contributed by atoms with Gasteiger partial charge in [0, 0.05) is 37.2 Å². The zero-order valence-electron chi connectivity index (χ0n) is 15.9. The molecule has 10 heteroatoms. The first-order valence-electron chi connectivity index (χ1n) is 8.92. The fourth-order valence-electron chi connectivity index (χ4n) is 3.11. The topological polar surface area (TPSA) is 67.6 Å². The van der Waals surface area contributed by atoms with Crippen molar-refractivity contribution in [3.8, 4) is 5.75 Å². The van der Waals surface area contributed by atoms with Crippen LogP contribution in [0.1, 0.15) is 18.7 Å². The van der Waals surface area contributed by atoms with Crippen LogP contribution in [0.15, 0.2) is 29.5 Å². The summed E-state index contributed by atoms with van der Waals surface area (Å²) >= 11 is 12.0. The summed E-state index contributed by atoms with van der Waals surface area (Å²) in [6.45, 7) is 3.13. The molecule has 1 N–H and O–H groups in total. The molecule has 154 valence electrons. The summed E-state index contributed by atoms with van der Waals surface area (Å²) in [5.41, 5.74) is 0. The first kappa shape index (κ1) is 23.0. The molecular formula is C18H25Cl2IN6O. The summed E-state index contributed by atoms with van der Waals surface area (Å²) in [4.78, 5) is 10.9. The molecule has 0 bridgehead atoms. The summed E-state index contributed by atoms with van der Waals surface area (Å²) in [6, 6.07) is 5.29. The van der Waals surface area contributed by atoms with Crippen LogP contribution in [0, 0.1) is 5.92 Å². The summed E-state index contributed by atoms with van der Waals surface area (Å²) in [6.07, 6.45) is 3.64. The van der Waals surface area contributed by atoms with E-state index in [9.17, 15) is 0 Å². The van der Waals surface area contributed by atoms with Crippen LogP contribution in [0.4, 0.5) is 0 Å². The van der Waals surface area contributed by atoms with Gasteiger partial charge in [-0.3, -0.25) is 9.67 Å². The van der Waals surface area contributed by atoms with E-state index in [1.807, 2.05) is 7.05 Å². The van der Waals surface area contributed by atoms with Crippen molar-refractivity contribution in [3.05, 3.63) is 40.4 Å². The molecule has 1 aromatic heterocycles. The van der Waals surface area contributed by atoms with Gasteiger partial charge in [0.25, 0.3) is 0 Å². The van der Waals surface area contributed by atoms with Crippen molar-refractivity contribution in [2.75, 3.05) is 26.7 Å². The van der Waals surface area contributed by atoms with Crippen LogP contribution in [0.3, 0.4) is 0 Å². The normalized spacial score (nSPS) is 15.3. The number of piperidine rings is 1. The Labute approximate surface area is 192 Å². The van der Waals surface area contributed by atoms with Gasteiger partial charge in [0.15, 0.2) is 5.96 Å². The predicted octanol–water partition coefficient (Wildman–Crippen LogP) is 3.61. The molecule has 0 radical (unpaired) electrons. The number of rotatable bonds is 5. The minimum absolute atomic E-state index is 0. The van der Waals surface area contributed by atoms with Crippen molar-refractivity contribution in [2.45, 2.75) is 19.4 Å². The van der Waals surface area contributed by atoms with Gasteiger partial charge in [0.05, 0.1) is 13.2 Å². The smallest absolute Gasteiger partial charge is 0.194 e. The quantitative estimate of drug-likeness (QED) is 0.358. The van der Waals surface area contributed by atoms with Crippen molar-refractivity contribution < 1.29 is 4.74 Å². The molecule has 1 aromatic carbocycles. The van der Waals surface area contributed by atoms with Gasteiger partial charge in [0.2, 0.25) is 0 Å². The van der Waals surface area contributed by atoms with Gasteiger partial charge < -0.3 is 15.0 Å². The monoisotopic (exact) mass is 538 g/mol. The highest BCUT2D eigenvalue weighted by Crippen LogP contribution is 2.26. The minimum atomic E-state index is 0. The van der Waals surface area contributed by atoms with E-state index in [2.05, 4.69) is 25.3 Å². The largest absolute Gasteiger partial charge is 0.493 e. The number of nitrogens with one attached hydrogen (secondary N) is 1. The number of benzene rings is 1. The first-order chi connectivity index (χ1) is 13.0. The van der Waals surface area contributed by atoms with E-state index >= 15 is 0 Å². The molecule has 2 heterocycles. The van der Waals surface area contributed by atoms with E-state index in [4.69, 9.17) is 27.9 Å². The molecule has 0 unspecified atom stereocenters. The molecule has 0 spiro atoms. The third kappa shape index (κ3) is 6.38. The van der Waals surface area contributed by atoms with E-state index < -0.39 is 0 Å². The van der Waals surface area contributed by atoms with Gasteiger partial charge in [-0.15, -0.1) is 24.0 Å². The third-order valence-corrected chi connectivity index (χ3v) is 5.09. The third-order valence-electron chi connectivity index (χ3n) is 4.66. The summed E-state index contributed by atoms with van der Waals surface area (Å²) < 4.78 is 7.64. The van der Waals surface area contributed by atoms with Crippen molar-refractivity contribution in [1.82, 2.24) is 25.0 Å². The minimum Gasteiger partial charge on any atom is -0.493 e. The Kier molecular flexibility index (Phi) is 9.10. The Hall–Kier alpha value is -1.26. The Morgan fingerprint density at radius 3 is 2.50 bits per heavy atom. The molecular weight excluding hydrogens is 514 g/mol. The van der Waals surface area contributed by atoms with Crippen LogP contribution in [0.2, 0.25) is 10.0 Å². The van der Waals surface area contributed by atoms with E-state index in [1.165, 1.54) is 0 Å². The second kappa shape index (κ2) is 11.1. The molecule has 1 fully saturated rings. The van der Waals surface area contributed by atoms with E-state index in [0.717, 1.165) is 43.5 Å². The van der Waals surface area contributed by atoms with Gasteiger partial charge in [-0.2, -0.15) is 5.10 Å². The molecule has 1 aliphatic heterocycles. The van der Waals surface area contributed by atoms with Crippen molar-refractivity contribution in [2.24, 2.45) is 18.0 Å². The van der Waals surface area contributed by atoms with E-state index in [-0.39, 0.29) is 24.0 Å². The van der Waals surface area contributed by atoms with Gasteiger partial charge in [-0.05, 0) is 37.0 Å². The number of likely N-dealkylation sites (tertiary alicyclic amines) is 1. The number of aryl methyl sites for hydroxylation is 1. The van der Waals surface area contributed by atoms with Crippen LogP contribution in [0.25, 0.3) is 0 Å². The Balaban J connectivity index is 0.00000280. The highest BCUT2D eigenvalue weighted by Gasteiger charge is 2.22. The molecule has 7 nitrogen and oxygen atoms in total. The average Bonchev–Trinajstić information content (AvgIpc) is 3.06. The Morgan fingerprint density at radius 2 is 1.93 bits per heavy atom. The second-order valence-electron chi connectivity index (χ2n) is 6.55. The van der Waals surface area contributed by atoms with Crippen molar-refractivity contribution in [1.29, 1.82) is 0 Å². The highest BCUT2D eigenvalue weighted by atomic mass is 127. The number of hydrogen-bond acceptors (Lipinski definition) is 4. The fourth-order valence-corrected chi connectivity index (χ4v) is 3.61. The van der Waals surface area contributed by atoms with Crippen LogP contribution < -0.4 is 10.1 Å². The SMILES string of the molecule is CN=C(NCc1ncnn1C)N1CCC(COc2cc(Cl)cc(Cl)c2)CC1.I. The Bertz CT molecular complexity index is 772. The maximum Gasteiger partial charge on any atom is 0.194 e. The standard InChI is InChI=1S/C18H24Cl2N6O.HI/c1-21-18(22-10-17-23-12-24-25(17)2)26-5-3-13(4-6-26)11-27-16-8-14(19)7-15(20)9-16;/h7-9,12-13H,3-6,10-11H2,1-2H3,(H,21,22);1H. The number of nitrogens with zero attached hydrogens (tertiary/aromatic N) is 5. The number of aromatic nitrogens is 3.